The molecule has 0 N–H and O–H groups in total. The van der Waals surface area contributed by atoms with Gasteiger partial charge in [-0.25, -0.2) is 0 Å². The Morgan fingerprint density at radius 2 is 1.83 bits per heavy atom. The maximum absolute atomic E-state index is 12.1. The molecule has 5 rings (SSSR count). The van der Waals surface area contributed by atoms with Crippen LogP contribution in [0.3, 0.4) is 0 Å². The largest absolute Gasteiger partial charge is 0.487 e. The van der Waals surface area contributed by atoms with Crippen LogP contribution in [0.2, 0.25) is 0 Å². The van der Waals surface area contributed by atoms with Gasteiger partial charge in [-0.05, 0) is 48.5 Å². The number of ether oxygens (including phenoxy) is 1. The second-order valence-electron chi connectivity index (χ2n) is 6.61. The number of furan rings is 1. The lowest BCUT2D eigenvalue weighted by atomic mass is 10.1. The first-order valence-corrected chi connectivity index (χ1v) is 9.10. The van der Waals surface area contributed by atoms with Crippen LogP contribution in [0, 0.1) is 0 Å². The van der Waals surface area contributed by atoms with Gasteiger partial charge in [0.2, 0.25) is 5.82 Å². The van der Waals surface area contributed by atoms with Gasteiger partial charge in [0.15, 0.2) is 5.76 Å². The Hall–Kier alpha value is -3.94. The van der Waals surface area contributed by atoms with Gasteiger partial charge < -0.3 is 18.6 Å². The fourth-order valence-electron chi connectivity index (χ4n) is 3.06. The van der Waals surface area contributed by atoms with E-state index in [0.717, 1.165) is 16.9 Å². The summed E-state index contributed by atoms with van der Waals surface area (Å²) in [6.07, 6.45) is 4.81. The average Bonchev–Trinajstić information content (AvgIpc) is 3.43. The van der Waals surface area contributed by atoms with Gasteiger partial charge in [-0.1, -0.05) is 5.16 Å². The van der Waals surface area contributed by atoms with Crippen molar-refractivity contribution >= 4 is 5.91 Å². The van der Waals surface area contributed by atoms with Gasteiger partial charge in [0, 0.05) is 23.5 Å². The number of carbonyl (C=O) groups is 1. The third kappa shape index (κ3) is 3.47. The van der Waals surface area contributed by atoms with Crippen molar-refractivity contribution in [3.05, 3.63) is 72.9 Å². The van der Waals surface area contributed by atoms with Crippen LogP contribution in [0.1, 0.15) is 10.6 Å². The summed E-state index contributed by atoms with van der Waals surface area (Å²) in [5.74, 6) is 1.90. The third-order valence-electron chi connectivity index (χ3n) is 4.64. The monoisotopic (exact) mass is 388 g/mol. The quantitative estimate of drug-likeness (QED) is 0.518. The van der Waals surface area contributed by atoms with E-state index < -0.39 is 0 Å². The van der Waals surface area contributed by atoms with E-state index in [1.165, 1.54) is 6.26 Å². The fraction of sp³-hybridized carbons (Fsp3) is 0.143. The van der Waals surface area contributed by atoms with E-state index in [1.807, 2.05) is 36.4 Å². The minimum absolute atomic E-state index is 0.0387. The summed E-state index contributed by atoms with van der Waals surface area (Å²) in [5, 5.41) is 4.03. The van der Waals surface area contributed by atoms with E-state index in [9.17, 15) is 4.79 Å². The van der Waals surface area contributed by atoms with Crippen molar-refractivity contribution in [1.29, 1.82) is 0 Å². The zero-order valence-electron chi connectivity index (χ0n) is 15.3. The van der Waals surface area contributed by atoms with Crippen LogP contribution >= 0.6 is 0 Å². The van der Waals surface area contributed by atoms with Crippen LogP contribution < -0.4 is 4.74 Å². The predicted molar refractivity (Wildman–Crippen MR) is 102 cm³/mol. The predicted octanol–water partition coefficient (Wildman–Crippen LogP) is 3.30. The third-order valence-corrected chi connectivity index (χ3v) is 4.64. The number of hydrogen-bond donors (Lipinski definition) is 0. The van der Waals surface area contributed by atoms with E-state index in [-0.39, 0.29) is 12.0 Å². The molecule has 3 aromatic heterocycles. The second kappa shape index (κ2) is 7.23. The molecule has 1 aliphatic heterocycles. The Bertz CT molecular complexity index is 1100. The molecule has 0 bridgehead atoms. The lowest BCUT2D eigenvalue weighted by molar-refractivity contribution is 0.0155. The summed E-state index contributed by atoms with van der Waals surface area (Å²) >= 11 is 0. The van der Waals surface area contributed by atoms with Crippen molar-refractivity contribution in [1.82, 2.24) is 20.0 Å². The van der Waals surface area contributed by atoms with Gasteiger partial charge >= 0.3 is 0 Å². The number of likely N-dealkylation sites (tertiary alicyclic amines) is 1. The first-order chi connectivity index (χ1) is 14.3. The molecule has 1 aromatic carbocycles. The number of nitrogens with zero attached hydrogens (tertiary/aromatic N) is 4. The van der Waals surface area contributed by atoms with Crippen molar-refractivity contribution in [2.24, 2.45) is 0 Å². The Morgan fingerprint density at radius 1 is 1.03 bits per heavy atom. The van der Waals surface area contributed by atoms with Crippen LogP contribution in [0.4, 0.5) is 0 Å². The maximum atomic E-state index is 12.1. The molecule has 0 atom stereocenters. The highest BCUT2D eigenvalue weighted by Gasteiger charge is 2.33. The standard InChI is InChI=1S/C21H16N4O4/c26-21(18-2-1-11-27-18)25-12-17(13-25)28-16-5-3-14(4-6-16)19-23-20(29-24-19)15-7-9-22-10-8-15/h1-11,17H,12-13H2. The van der Waals surface area contributed by atoms with Crippen LogP contribution in [-0.4, -0.2) is 45.1 Å². The van der Waals surface area contributed by atoms with Crippen molar-refractivity contribution < 1.29 is 18.5 Å². The molecular weight excluding hydrogens is 372 g/mol. The Kier molecular flexibility index (Phi) is 4.28. The van der Waals surface area contributed by atoms with Crippen LogP contribution in [0.25, 0.3) is 22.8 Å². The van der Waals surface area contributed by atoms with Gasteiger partial charge in [0.25, 0.3) is 11.8 Å². The SMILES string of the molecule is O=C(c1ccco1)N1CC(Oc2ccc(-c3noc(-c4ccncc4)n3)cc2)C1. The molecule has 1 amide bonds. The van der Waals surface area contributed by atoms with Crippen molar-refractivity contribution in [2.45, 2.75) is 6.10 Å². The molecule has 0 radical (unpaired) electrons. The molecule has 1 saturated heterocycles. The molecule has 1 fully saturated rings. The molecule has 8 heteroatoms. The number of hydrogen-bond acceptors (Lipinski definition) is 7. The van der Waals surface area contributed by atoms with E-state index in [4.69, 9.17) is 13.7 Å². The molecular formula is C21H16N4O4. The molecule has 4 heterocycles. The molecule has 144 valence electrons. The van der Waals surface area contributed by atoms with E-state index in [2.05, 4.69) is 15.1 Å². The second-order valence-corrected chi connectivity index (χ2v) is 6.61. The van der Waals surface area contributed by atoms with Gasteiger partial charge in [0.05, 0.1) is 19.4 Å². The fourth-order valence-corrected chi connectivity index (χ4v) is 3.06. The highest BCUT2D eigenvalue weighted by molar-refractivity contribution is 5.92. The molecule has 29 heavy (non-hydrogen) atoms. The molecule has 0 aliphatic carbocycles. The van der Waals surface area contributed by atoms with E-state index in [1.54, 1.807) is 29.4 Å². The Morgan fingerprint density at radius 3 is 2.55 bits per heavy atom. The van der Waals surface area contributed by atoms with Gasteiger partial charge in [-0.2, -0.15) is 4.98 Å². The van der Waals surface area contributed by atoms with Gasteiger partial charge in [0.1, 0.15) is 11.9 Å². The minimum atomic E-state index is -0.118. The van der Waals surface area contributed by atoms with Gasteiger partial charge in [-0.3, -0.25) is 9.78 Å². The number of aromatic nitrogens is 3. The summed E-state index contributed by atoms with van der Waals surface area (Å²) in [4.78, 5) is 22.2. The number of carbonyl (C=O) groups excluding carboxylic acids is 1. The number of amides is 1. The molecule has 1 aliphatic rings. The number of benzene rings is 1. The Labute approximate surface area is 165 Å². The highest BCUT2D eigenvalue weighted by Crippen LogP contribution is 2.25. The van der Waals surface area contributed by atoms with Crippen LogP contribution in [0.15, 0.2) is 76.1 Å². The first kappa shape index (κ1) is 17.2. The maximum Gasteiger partial charge on any atom is 0.289 e. The van der Waals surface area contributed by atoms with E-state index >= 15 is 0 Å². The molecule has 4 aromatic rings. The number of rotatable bonds is 5. The average molecular weight is 388 g/mol. The van der Waals surface area contributed by atoms with E-state index in [0.29, 0.717) is 30.6 Å². The topological polar surface area (TPSA) is 94.5 Å². The number of pyridine rings is 1. The zero-order chi connectivity index (χ0) is 19.6. The normalized spacial score (nSPS) is 13.9. The highest BCUT2D eigenvalue weighted by atomic mass is 16.5. The minimum Gasteiger partial charge on any atom is -0.487 e. The van der Waals surface area contributed by atoms with Crippen LogP contribution in [0.5, 0.6) is 5.75 Å². The molecule has 0 unspecified atom stereocenters. The van der Waals surface area contributed by atoms with Crippen molar-refractivity contribution in [3.63, 3.8) is 0 Å². The molecule has 0 saturated carbocycles. The summed E-state index contributed by atoms with van der Waals surface area (Å²) in [6.45, 7) is 1.06. The summed E-state index contributed by atoms with van der Waals surface area (Å²) in [5.41, 5.74) is 1.64. The summed E-state index contributed by atoms with van der Waals surface area (Å²) in [6, 6.07) is 14.4. The van der Waals surface area contributed by atoms with Gasteiger partial charge in [-0.15, -0.1) is 0 Å². The van der Waals surface area contributed by atoms with Crippen molar-refractivity contribution in [3.8, 4) is 28.6 Å². The molecule has 8 nitrogen and oxygen atoms in total. The zero-order valence-corrected chi connectivity index (χ0v) is 15.3. The summed E-state index contributed by atoms with van der Waals surface area (Å²) in [7, 11) is 0. The Balaban J connectivity index is 1.20. The van der Waals surface area contributed by atoms with Crippen LogP contribution in [-0.2, 0) is 0 Å². The smallest absolute Gasteiger partial charge is 0.289 e. The van der Waals surface area contributed by atoms with Crippen molar-refractivity contribution in [2.75, 3.05) is 13.1 Å². The first-order valence-electron chi connectivity index (χ1n) is 9.10. The summed E-state index contributed by atoms with van der Waals surface area (Å²) < 4.78 is 16.4. The lowest BCUT2D eigenvalue weighted by Gasteiger charge is -2.38. The molecule has 0 spiro atoms. The lowest BCUT2D eigenvalue weighted by Crippen LogP contribution is -2.56.